The zero-order chi connectivity index (χ0) is 12.5. The monoisotopic (exact) mass is 231 g/mol. The highest BCUT2D eigenvalue weighted by Crippen LogP contribution is 2.22. The Balaban J connectivity index is 2.22. The third kappa shape index (κ3) is 2.81. The van der Waals surface area contributed by atoms with Crippen LogP contribution in [0, 0.1) is 6.92 Å². The molecule has 0 aromatic carbocycles. The maximum Gasteiger partial charge on any atom is 0.153 e. The Bertz CT molecular complexity index is 510. The van der Waals surface area contributed by atoms with Crippen LogP contribution in [0.4, 0.5) is 11.6 Å². The number of nitrogens with zero attached hydrogens (tertiary/aromatic N) is 3. The molecule has 2 rings (SSSR count). The van der Waals surface area contributed by atoms with E-state index in [-0.39, 0.29) is 5.41 Å². The maximum atomic E-state index is 4.28. The van der Waals surface area contributed by atoms with Crippen molar-refractivity contribution < 1.29 is 0 Å². The molecule has 5 heteroatoms. The Kier molecular flexibility index (Phi) is 2.83. The maximum absolute atomic E-state index is 4.28. The molecule has 0 saturated heterocycles. The molecule has 0 radical (unpaired) electrons. The minimum atomic E-state index is 0.0147. The number of aryl methyl sites for hydroxylation is 1. The SMILES string of the molecule is Cc1cc(Nc2cc(C(C)(C)C)ncn2)n[nH]1. The van der Waals surface area contributed by atoms with Crippen LogP contribution in [-0.2, 0) is 5.41 Å². The van der Waals surface area contributed by atoms with Crippen LogP contribution in [0.1, 0.15) is 32.2 Å². The molecule has 0 saturated carbocycles. The lowest BCUT2D eigenvalue weighted by molar-refractivity contribution is 0.567. The summed E-state index contributed by atoms with van der Waals surface area (Å²) in [7, 11) is 0. The summed E-state index contributed by atoms with van der Waals surface area (Å²) >= 11 is 0. The van der Waals surface area contributed by atoms with Gasteiger partial charge in [-0.3, -0.25) is 5.10 Å². The normalized spacial score (nSPS) is 11.5. The van der Waals surface area contributed by atoms with Gasteiger partial charge >= 0.3 is 0 Å². The van der Waals surface area contributed by atoms with Crippen LogP contribution in [0.25, 0.3) is 0 Å². The van der Waals surface area contributed by atoms with Crippen molar-refractivity contribution in [1.29, 1.82) is 0 Å². The second-order valence-corrected chi connectivity index (χ2v) is 5.10. The molecule has 2 aromatic rings. The van der Waals surface area contributed by atoms with Gasteiger partial charge in [0.15, 0.2) is 5.82 Å². The van der Waals surface area contributed by atoms with E-state index in [1.807, 2.05) is 19.1 Å². The van der Waals surface area contributed by atoms with E-state index in [1.165, 1.54) is 0 Å². The van der Waals surface area contributed by atoms with Gasteiger partial charge in [-0.25, -0.2) is 9.97 Å². The van der Waals surface area contributed by atoms with Gasteiger partial charge < -0.3 is 5.32 Å². The summed E-state index contributed by atoms with van der Waals surface area (Å²) in [6.45, 7) is 8.33. The summed E-state index contributed by atoms with van der Waals surface area (Å²) < 4.78 is 0. The Morgan fingerprint density at radius 1 is 1.12 bits per heavy atom. The molecule has 0 aliphatic heterocycles. The molecule has 2 aromatic heterocycles. The van der Waals surface area contributed by atoms with Crippen molar-refractivity contribution in [3.8, 4) is 0 Å². The first-order valence-electron chi connectivity index (χ1n) is 5.57. The number of nitrogens with one attached hydrogen (secondary N) is 2. The number of aromatic amines is 1. The fourth-order valence-corrected chi connectivity index (χ4v) is 1.45. The number of aromatic nitrogens is 4. The van der Waals surface area contributed by atoms with Gasteiger partial charge in [0.25, 0.3) is 0 Å². The summed E-state index contributed by atoms with van der Waals surface area (Å²) in [5.41, 5.74) is 2.03. The molecule has 0 aliphatic carbocycles. The number of anilines is 2. The van der Waals surface area contributed by atoms with E-state index < -0.39 is 0 Å². The molecule has 17 heavy (non-hydrogen) atoms. The van der Waals surface area contributed by atoms with Gasteiger partial charge in [-0.2, -0.15) is 5.10 Å². The highest BCUT2D eigenvalue weighted by Gasteiger charge is 2.16. The first-order chi connectivity index (χ1) is 7.95. The molecule has 0 bridgehead atoms. The number of hydrogen-bond donors (Lipinski definition) is 2. The second kappa shape index (κ2) is 4.16. The average molecular weight is 231 g/mol. The zero-order valence-electron chi connectivity index (χ0n) is 10.6. The van der Waals surface area contributed by atoms with Gasteiger partial charge in [-0.15, -0.1) is 0 Å². The first kappa shape index (κ1) is 11.6. The van der Waals surface area contributed by atoms with E-state index >= 15 is 0 Å². The zero-order valence-corrected chi connectivity index (χ0v) is 10.6. The Labute approximate surface area is 101 Å². The second-order valence-electron chi connectivity index (χ2n) is 5.10. The minimum Gasteiger partial charge on any atom is -0.323 e. The molecular formula is C12H17N5. The highest BCUT2D eigenvalue weighted by atomic mass is 15.2. The van der Waals surface area contributed by atoms with Crippen molar-refractivity contribution in [3.05, 3.63) is 29.8 Å². The Hall–Kier alpha value is -1.91. The van der Waals surface area contributed by atoms with Gasteiger partial charge in [0.1, 0.15) is 12.1 Å². The third-order valence-electron chi connectivity index (χ3n) is 2.40. The molecule has 90 valence electrons. The molecule has 0 atom stereocenters. The quantitative estimate of drug-likeness (QED) is 0.833. The molecule has 0 fully saturated rings. The van der Waals surface area contributed by atoms with Crippen LogP contribution >= 0.6 is 0 Å². The van der Waals surface area contributed by atoms with E-state index in [2.05, 4.69) is 46.3 Å². The number of hydrogen-bond acceptors (Lipinski definition) is 4. The molecule has 0 aliphatic rings. The summed E-state index contributed by atoms with van der Waals surface area (Å²) in [6, 6.07) is 3.88. The lowest BCUT2D eigenvalue weighted by atomic mass is 9.92. The van der Waals surface area contributed by atoms with Crippen LogP contribution in [0.2, 0.25) is 0 Å². The smallest absolute Gasteiger partial charge is 0.153 e. The molecule has 2 heterocycles. The van der Waals surface area contributed by atoms with Crippen LogP contribution < -0.4 is 5.32 Å². The van der Waals surface area contributed by atoms with Crippen LogP contribution in [-0.4, -0.2) is 20.2 Å². The van der Waals surface area contributed by atoms with E-state index in [9.17, 15) is 0 Å². The molecule has 2 N–H and O–H groups in total. The largest absolute Gasteiger partial charge is 0.323 e. The molecule has 5 nitrogen and oxygen atoms in total. The summed E-state index contributed by atoms with van der Waals surface area (Å²) in [5, 5.41) is 10.1. The van der Waals surface area contributed by atoms with Crippen molar-refractivity contribution in [1.82, 2.24) is 20.2 Å². The fraction of sp³-hybridized carbons (Fsp3) is 0.417. The highest BCUT2D eigenvalue weighted by molar-refractivity contribution is 5.51. The van der Waals surface area contributed by atoms with Crippen molar-refractivity contribution in [3.63, 3.8) is 0 Å². The third-order valence-corrected chi connectivity index (χ3v) is 2.40. The first-order valence-corrected chi connectivity index (χ1v) is 5.57. The lowest BCUT2D eigenvalue weighted by Gasteiger charge is -2.17. The molecule has 0 spiro atoms. The summed E-state index contributed by atoms with van der Waals surface area (Å²) in [5.74, 6) is 1.53. The van der Waals surface area contributed by atoms with Crippen molar-refractivity contribution >= 4 is 11.6 Å². The van der Waals surface area contributed by atoms with Gasteiger partial charge in [0.2, 0.25) is 0 Å². The topological polar surface area (TPSA) is 66.5 Å². The van der Waals surface area contributed by atoms with Gasteiger partial charge in [-0.05, 0) is 6.92 Å². The molecule has 0 unspecified atom stereocenters. The van der Waals surface area contributed by atoms with Gasteiger partial charge in [0.05, 0.1) is 5.69 Å². The van der Waals surface area contributed by atoms with Crippen LogP contribution in [0.5, 0.6) is 0 Å². The summed E-state index contributed by atoms with van der Waals surface area (Å²) in [6.07, 6.45) is 1.57. The predicted octanol–water partition coefficient (Wildman–Crippen LogP) is 2.55. The van der Waals surface area contributed by atoms with E-state index in [4.69, 9.17) is 0 Å². The summed E-state index contributed by atoms with van der Waals surface area (Å²) in [4.78, 5) is 8.46. The molecular weight excluding hydrogens is 214 g/mol. The van der Waals surface area contributed by atoms with Gasteiger partial charge in [-0.1, -0.05) is 20.8 Å². The standard InChI is InChI=1S/C12H17N5/c1-8-5-11(17-16-8)15-10-6-9(12(2,3)4)13-7-14-10/h5-7H,1-4H3,(H2,13,14,15,16,17). The van der Waals surface area contributed by atoms with Gasteiger partial charge in [0, 0.05) is 23.2 Å². The Morgan fingerprint density at radius 3 is 2.47 bits per heavy atom. The number of H-pyrrole nitrogens is 1. The van der Waals surface area contributed by atoms with Crippen LogP contribution in [0.3, 0.4) is 0 Å². The lowest BCUT2D eigenvalue weighted by Crippen LogP contribution is -2.14. The van der Waals surface area contributed by atoms with E-state index in [1.54, 1.807) is 6.33 Å². The molecule has 0 amide bonds. The van der Waals surface area contributed by atoms with Crippen molar-refractivity contribution in [2.75, 3.05) is 5.32 Å². The van der Waals surface area contributed by atoms with E-state index in [0.29, 0.717) is 0 Å². The minimum absolute atomic E-state index is 0.0147. The van der Waals surface area contributed by atoms with Crippen LogP contribution in [0.15, 0.2) is 18.5 Å². The average Bonchev–Trinajstić information content (AvgIpc) is 2.63. The fourth-order valence-electron chi connectivity index (χ4n) is 1.45. The van der Waals surface area contributed by atoms with Crippen molar-refractivity contribution in [2.45, 2.75) is 33.1 Å². The Morgan fingerprint density at radius 2 is 1.88 bits per heavy atom. The van der Waals surface area contributed by atoms with Crippen molar-refractivity contribution in [2.24, 2.45) is 0 Å². The number of rotatable bonds is 2. The van der Waals surface area contributed by atoms with E-state index in [0.717, 1.165) is 23.0 Å². The predicted molar refractivity (Wildman–Crippen MR) is 67.3 cm³/mol.